The van der Waals surface area contributed by atoms with E-state index in [1.165, 1.54) is 11.3 Å². The number of H-pyrrole nitrogens is 1. The van der Waals surface area contributed by atoms with Crippen molar-refractivity contribution in [3.63, 3.8) is 0 Å². The number of thiazole rings is 1. The van der Waals surface area contributed by atoms with Crippen LogP contribution in [0.4, 0.5) is 0 Å². The van der Waals surface area contributed by atoms with Crippen LogP contribution in [0, 0.1) is 0 Å². The Hall–Kier alpha value is -3.50. The highest BCUT2D eigenvalue weighted by Gasteiger charge is 2.19. The number of nitrogens with one attached hydrogen (secondary N) is 3. The number of amides is 2. The second kappa shape index (κ2) is 8.25. The minimum absolute atomic E-state index is 0.170. The molecule has 9 nitrogen and oxygen atoms in total. The molecule has 2 amide bonds. The Balaban J connectivity index is 1.78. The van der Waals surface area contributed by atoms with Crippen LogP contribution in [-0.4, -0.2) is 34.4 Å². The Morgan fingerprint density at radius 2 is 2.17 bits per heavy atom. The molecule has 4 rings (SSSR count). The van der Waals surface area contributed by atoms with Gasteiger partial charge in [-0.05, 0) is 18.2 Å². The molecule has 1 aromatic carbocycles. The van der Waals surface area contributed by atoms with Gasteiger partial charge in [-0.25, -0.2) is 9.97 Å². The molecule has 0 bridgehead atoms. The molecule has 0 saturated carbocycles. The number of fused-ring (bicyclic) bond motifs is 3. The van der Waals surface area contributed by atoms with Crippen molar-refractivity contribution in [2.45, 2.75) is 13.2 Å². The molecule has 4 aromatic rings. The van der Waals surface area contributed by atoms with Crippen molar-refractivity contribution in [3.05, 3.63) is 52.2 Å². The molecule has 0 saturated heterocycles. The van der Waals surface area contributed by atoms with Crippen molar-refractivity contribution in [2.24, 2.45) is 0 Å². The van der Waals surface area contributed by atoms with Crippen LogP contribution in [0.1, 0.15) is 21.1 Å². The van der Waals surface area contributed by atoms with Gasteiger partial charge in [0.05, 0.1) is 18.3 Å². The number of methoxy groups -OCH3 is 1. The van der Waals surface area contributed by atoms with Crippen LogP contribution in [0.2, 0.25) is 0 Å². The smallest absolute Gasteiger partial charge is 0.288 e. The van der Waals surface area contributed by atoms with Gasteiger partial charge in [-0.15, -0.1) is 11.3 Å². The average molecular weight is 411 g/mol. The van der Waals surface area contributed by atoms with Gasteiger partial charge in [-0.2, -0.15) is 0 Å². The number of nitrogens with zero attached hydrogens (tertiary/aromatic N) is 2. The molecule has 3 aromatic heterocycles. The first-order valence-electron chi connectivity index (χ1n) is 8.64. The van der Waals surface area contributed by atoms with Crippen LogP contribution in [0.25, 0.3) is 21.8 Å². The van der Waals surface area contributed by atoms with E-state index in [0.29, 0.717) is 24.3 Å². The number of hydrazine groups is 1. The summed E-state index contributed by atoms with van der Waals surface area (Å²) in [6.45, 7) is 0.550. The third kappa shape index (κ3) is 3.75. The molecule has 0 aliphatic carbocycles. The Labute approximate surface area is 169 Å². The summed E-state index contributed by atoms with van der Waals surface area (Å²) in [6, 6.07) is 5.69. The first-order chi connectivity index (χ1) is 14.2. The van der Waals surface area contributed by atoms with Crippen molar-refractivity contribution < 1.29 is 19.1 Å². The van der Waals surface area contributed by atoms with Gasteiger partial charge in [-0.3, -0.25) is 20.4 Å². The Kier molecular flexibility index (Phi) is 5.36. The van der Waals surface area contributed by atoms with Crippen molar-refractivity contribution in [1.29, 1.82) is 0 Å². The van der Waals surface area contributed by atoms with E-state index in [9.17, 15) is 9.59 Å². The number of rotatable bonds is 8. The van der Waals surface area contributed by atoms with E-state index in [4.69, 9.17) is 9.47 Å². The van der Waals surface area contributed by atoms with Crippen molar-refractivity contribution in [1.82, 2.24) is 25.8 Å². The number of ether oxygens (including phenoxy) is 2. The molecular formula is C19H17N5O4S. The first-order valence-corrected chi connectivity index (χ1v) is 9.52. The minimum atomic E-state index is -0.531. The molecule has 0 radical (unpaired) electrons. The van der Waals surface area contributed by atoms with Gasteiger partial charge >= 0.3 is 0 Å². The molecule has 3 N–H and O–H groups in total. The lowest BCUT2D eigenvalue weighted by Crippen LogP contribution is -2.37. The molecule has 148 valence electrons. The van der Waals surface area contributed by atoms with E-state index in [1.807, 2.05) is 23.6 Å². The van der Waals surface area contributed by atoms with Crippen LogP contribution in [0.5, 0.6) is 5.75 Å². The van der Waals surface area contributed by atoms with Gasteiger partial charge in [0.2, 0.25) is 6.41 Å². The van der Waals surface area contributed by atoms with E-state index < -0.39 is 5.91 Å². The SMILES string of the molecule is COCc1c(C(=O)NNC=O)ncc2[nH]c3ccc(OCc4nccs4)cc3c12. The molecule has 0 aliphatic rings. The predicted octanol–water partition coefficient (Wildman–Crippen LogP) is 2.29. The van der Waals surface area contributed by atoms with Gasteiger partial charge in [0.1, 0.15) is 23.1 Å². The number of benzene rings is 1. The summed E-state index contributed by atoms with van der Waals surface area (Å²) in [7, 11) is 1.54. The zero-order valence-electron chi connectivity index (χ0n) is 15.4. The third-order valence-electron chi connectivity index (χ3n) is 4.30. The maximum absolute atomic E-state index is 12.4. The molecule has 0 atom stereocenters. The van der Waals surface area contributed by atoms with Crippen molar-refractivity contribution in [3.8, 4) is 5.75 Å². The summed E-state index contributed by atoms with van der Waals surface area (Å²) in [4.78, 5) is 34.7. The molecule has 0 fully saturated rings. The van der Waals surface area contributed by atoms with Crippen molar-refractivity contribution >= 4 is 45.5 Å². The van der Waals surface area contributed by atoms with Crippen LogP contribution >= 0.6 is 11.3 Å². The van der Waals surface area contributed by atoms with Gasteiger partial charge in [0.15, 0.2) is 0 Å². The van der Waals surface area contributed by atoms with E-state index >= 15 is 0 Å². The van der Waals surface area contributed by atoms with E-state index in [-0.39, 0.29) is 12.3 Å². The first kappa shape index (κ1) is 18.8. The van der Waals surface area contributed by atoms with Crippen LogP contribution in [0.15, 0.2) is 36.0 Å². The number of aromatic amines is 1. The minimum Gasteiger partial charge on any atom is -0.486 e. The fraction of sp³-hybridized carbons (Fsp3) is 0.158. The maximum atomic E-state index is 12.4. The number of aromatic nitrogens is 3. The second-order valence-corrected chi connectivity index (χ2v) is 7.05. The lowest BCUT2D eigenvalue weighted by atomic mass is 10.1. The number of hydrogen-bond acceptors (Lipinski definition) is 7. The average Bonchev–Trinajstić information content (AvgIpc) is 3.38. The second-order valence-electron chi connectivity index (χ2n) is 6.07. The van der Waals surface area contributed by atoms with Gasteiger partial charge in [-0.1, -0.05) is 0 Å². The molecule has 0 aliphatic heterocycles. The van der Waals surface area contributed by atoms with Gasteiger partial charge in [0.25, 0.3) is 5.91 Å². The van der Waals surface area contributed by atoms with Gasteiger partial charge in [0, 0.05) is 40.5 Å². The number of carbonyl (C=O) groups excluding carboxylic acids is 2. The third-order valence-corrected chi connectivity index (χ3v) is 5.06. The highest BCUT2D eigenvalue weighted by Crippen LogP contribution is 2.32. The summed E-state index contributed by atoms with van der Waals surface area (Å²) in [5.41, 5.74) is 6.85. The summed E-state index contributed by atoms with van der Waals surface area (Å²) in [6.07, 6.45) is 3.70. The van der Waals surface area contributed by atoms with E-state index in [2.05, 4.69) is 25.8 Å². The zero-order valence-corrected chi connectivity index (χ0v) is 16.2. The van der Waals surface area contributed by atoms with Crippen LogP contribution < -0.4 is 15.6 Å². The zero-order chi connectivity index (χ0) is 20.2. The molecule has 29 heavy (non-hydrogen) atoms. The highest BCUT2D eigenvalue weighted by molar-refractivity contribution is 7.09. The molecule has 10 heteroatoms. The fourth-order valence-electron chi connectivity index (χ4n) is 3.13. The predicted molar refractivity (Wildman–Crippen MR) is 107 cm³/mol. The lowest BCUT2D eigenvalue weighted by Gasteiger charge is -2.10. The number of carbonyl (C=O) groups is 2. The summed E-state index contributed by atoms with van der Waals surface area (Å²) < 4.78 is 11.2. The Bertz CT molecular complexity index is 1170. The number of hydrogen-bond donors (Lipinski definition) is 3. The Morgan fingerprint density at radius 3 is 2.93 bits per heavy atom. The Morgan fingerprint density at radius 1 is 1.28 bits per heavy atom. The van der Waals surface area contributed by atoms with Crippen LogP contribution in [-0.2, 0) is 22.7 Å². The van der Waals surface area contributed by atoms with Crippen molar-refractivity contribution in [2.75, 3.05) is 7.11 Å². The molecule has 3 heterocycles. The summed E-state index contributed by atoms with van der Waals surface area (Å²) >= 11 is 1.53. The number of pyridine rings is 1. The van der Waals surface area contributed by atoms with E-state index in [1.54, 1.807) is 19.5 Å². The quantitative estimate of drug-likeness (QED) is 0.302. The van der Waals surface area contributed by atoms with Crippen LogP contribution in [0.3, 0.4) is 0 Å². The van der Waals surface area contributed by atoms with Gasteiger partial charge < -0.3 is 14.5 Å². The fourth-order valence-corrected chi connectivity index (χ4v) is 3.66. The highest BCUT2D eigenvalue weighted by atomic mass is 32.1. The monoisotopic (exact) mass is 411 g/mol. The summed E-state index contributed by atoms with van der Waals surface area (Å²) in [5.74, 6) is 0.152. The standard InChI is InChI=1S/C19H17N5O4S/c1-27-8-13-17-12-6-11(28-9-16-20-4-5-29-16)2-3-14(12)23-15(17)7-21-18(13)19(26)24-22-10-25/h2-7,10,23H,8-9H2,1H3,(H,22,25)(H,24,26). The molecule has 0 spiro atoms. The maximum Gasteiger partial charge on any atom is 0.288 e. The topological polar surface area (TPSA) is 118 Å². The largest absolute Gasteiger partial charge is 0.486 e. The molecule has 0 unspecified atom stereocenters. The normalized spacial score (nSPS) is 10.9. The molecular weight excluding hydrogens is 394 g/mol. The lowest BCUT2D eigenvalue weighted by molar-refractivity contribution is -0.110. The summed E-state index contributed by atoms with van der Waals surface area (Å²) in [5, 5.41) is 4.48. The van der Waals surface area contributed by atoms with E-state index in [0.717, 1.165) is 26.8 Å².